The molecule has 0 bridgehead atoms. The van der Waals surface area contributed by atoms with E-state index in [0.29, 0.717) is 19.0 Å². The molecule has 0 saturated carbocycles. The van der Waals surface area contributed by atoms with Gasteiger partial charge in [0.2, 0.25) is 5.95 Å². The van der Waals surface area contributed by atoms with Crippen LogP contribution in [0, 0.1) is 0 Å². The minimum Gasteiger partial charge on any atom is -0.467 e. The average Bonchev–Trinajstić information content (AvgIpc) is 2.25. The Kier molecular flexibility index (Phi) is 2.55. The summed E-state index contributed by atoms with van der Waals surface area (Å²) in [5, 5.41) is 0. The van der Waals surface area contributed by atoms with Gasteiger partial charge in [0, 0.05) is 18.6 Å². The van der Waals surface area contributed by atoms with E-state index in [1.165, 1.54) is 14.2 Å². The Labute approximate surface area is 93.6 Å². The van der Waals surface area contributed by atoms with Crippen molar-refractivity contribution in [1.82, 2.24) is 15.0 Å². The number of nitrogens with two attached hydrogens (primary N) is 1. The predicted molar refractivity (Wildman–Crippen MR) is 57.7 cm³/mol. The quantitative estimate of drug-likeness (QED) is 0.736. The van der Waals surface area contributed by atoms with Gasteiger partial charge in [0.1, 0.15) is 0 Å². The second-order valence-corrected chi connectivity index (χ2v) is 4.12. The second-order valence-electron chi connectivity index (χ2n) is 4.12. The van der Waals surface area contributed by atoms with Crippen LogP contribution >= 0.6 is 0 Å². The molecule has 7 heteroatoms. The lowest BCUT2D eigenvalue weighted by Crippen LogP contribution is -2.66. The number of hydrogen-bond acceptors (Lipinski definition) is 7. The summed E-state index contributed by atoms with van der Waals surface area (Å²) in [6.45, 7) is 3.41. The highest BCUT2D eigenvalue weighted by Crippen LogP contribution is 2.24. The van der Waals surface area contributed by atoms with Gasteiger partial charge in [-0.1, -0.05) is 0 Å². The molecule has 1 aromatic heterocycles. The number of nitrogens with zero attached hydrogens (tertiary/aromatic N) is 4. The normalized spacial score (nSPS) is 17.9. The number of rotatable bonds is 3. The lowest BCUT2D eigenvalue weighted by atomic mass is 9.94. The van der Waals surface area contributed by atoms with Crippen molar-refractivity contribution < 1.29 is 9.47 Å². The molecule has 0 atom stereocenters. The minimum atomic E-state index is -0.174. The van der Waals surface area contributed by atoms with Crippen molar-refractivity contribution in [3.63, 3.8) is 0 Å². The standard InChI is InChI=1S/C9H15N5O2/c1-9(10)4-14(5-9)6-11-7(15-2)13-8(12-6)16-3/h4-5,10H2,1-3H3. The lowest BCUT2D eigenvalue weighted by molar-refractivity contribution is 0.327. The summed E-state index contributed by atoms with van der Waals surface area (Å²) in [4.78, 5) is 14.1. The molecule has 0 spiro atoms. The summed E-state index contributed by atoms with van der Waals surface area (Å²) in [5.74, 6) is 0.534. The van der Waals surface area contributed by atoms with Gasteiger partial charge in [0.05, 0.1) is 14.2 Å². The largest absolute Gasteiger partial charge is 0.467 e. The number of anilines is 1. The monoisotopic (exact) mass is 225 g/mol. The van der Waals surface area contributed by atoms with Crippen LogP contribution in [0.3, 0.4) is 0 Å². The van der Waals surface area contributed by atoms with Crippen molar-refractivity contribution in [1.29, 1.82) is 0 Å². The molecule has 1 fully saturated rings. The fourth-order valence-electron chi connectivity index (χ4n) is 1.62. The van der Waals surface area contributed by atoms with E-state index in [4.69, 9.17) is 15.2 Å². The van der Waals surface area contributed by atoms with E-state index in [9.17, 15) is 0 Å². The van der Waals surface area contributed by atoms with Crippen molar-refractivity contribution in [2.24, 2.45) is 5.73 Å². The van der Waals surface area contributed by atoms with Crippen molar-refractivity contribution in [2.45, 2.75) is 12.5 Å². The SMILES string of the molecule is COc1nc(OC)nc(N2CC(C)(N)C2)n1. The van der Waals surface area contributed by atoms with Crippen molar-refractivity contribution in [3.05, 3.63) is 0 Å². The van der Waals surface area contributed by atoms with Crippen molar-refractivity contribution >= 4 is 5.95 Å². The zero-order valence-corrected chi connectivity index (χ0v) is 9.60. The molecule has 1 aromatic rings. The van der Waals surface area contributed by atoms with E-state index in [2.05, 4.69) is 15.0 Å². The Balaban J connectivity index is 2.21. The van der Waals surface area contributed by atoms with Gasteiger partial charge in [-0.2, -0.15) is 9.97 Å². The molecule has 2 N–H and O–H groups in total. The maximum Gasteiger partial charge on any atom is 0.324 e. The molecule has 0 unspecified atom stereocenters. The summed E-state index contributed by atoms with van der Waals surface area (Å²) in [6, 6.07) is 0.486. The van der Waals surface area contributed by atoms with Crippen molar-refractivity contribution in [2.75, 3.05) is 32.2 Å². The maximum atomic E-state index is 5.92. The van der Waals surface area contributed by atoms with Crippen LogP contribution in [0.2, 0.25) is 0 Å². The number of methoxy groups -OCH3 is 2. The molecule has 16 heavy (non-hydrogen) atoms. The van der Waals surface area contributed by atoms with Crippen molar-refractivity contribution in [3.8, 4) is 12.0 Å². The maximum absolute atomic E-state index is 5.92. The van der Waals surface area contributed by atoms with Gasteiger partial charge in [-0.05, 0) is 6.92 Å². The molecule has 1 aliphatic rings. The van der Waals surface area contributed by atoms with Gasteiger partial charge in [-0.25, -0.2) is 0 Å². The lowest BCUT2D eigenvalue weighted by Gasteiger charge is -2.45. The van der Waals surface area contributed by atoms with E-state index >= 15 is 0 Å². The second kappa shape index (κ2) is 3.75. The molecule has 0 aliphatic carbocycles. The van der Waals surface area contributed by atoms with Crippen LogP contribution in [-0.4, -0.2) is 47.8 Å². The molecular formula is C9H15N5O2. The third-order valence-electron chi connectivity index (χ3n) is 2.33. The molecule has 7 nitrogen and oxygen atoms in total. The van der Waals surface area contributed by atoms with Crippen LogP contribution in [0.4, 0.5) is 5.95 Å². The van der Waals surface area contributed by atoms with Gasteiger partial charge in [-0.15, -0.1) is 4.98 Å². The van der Waals surface area contributed by atoms with Gasteiger partial charge in [0.25, 0.3) is 0 Å². The van der Waals surface area contributed by atoms with Gasteiger partial charge >= 0.3 is 12.0 Å². The molecule has 88 valence electrons. The van der Waals surface area contributed by atoms with Gasteiger partial charge < -0.3 is 20.1 Å². The number of aromatic nitrogens is 3. The third-order valence-corrected chi connectivity index (χ3v) is 2.33. The zero-order valence-electron chi connectivity index (χ0n) is 9.60. The van der Waals surface area contributed by atoms with Crippen LogP contribution in [0.25, 0.3) is 0 Å². The molecule has 1 saturated heterocycles. The predicted octanol–water partition coefficient (Wildman–Crippen LogP) is -0.574. The number of ether oxygens (including phenoxy) is 2. The van der Waals surface area contributed by atoms with Crippen LogP contribution in [0.15, 0.2) is 0 Å². The Hall–Kier alpha value is -1.63. The molecular weight excluding hydrogens is 210 g/mol. The Morgan fingerprint density at radius 3 is 2.00 bits per heavy atom. The average molecular weight is 225 g/mol. The summed E-state index contributed by atoms with van der Waals surface area (Å²) in [5.41, 5.74) is 5.74. The van der Waals surface area contributed by atoms with Crippen LogP contribution in [-0.2, 0) is 0 Å². The van der Waals surface area contributed by atoms with Gasteiger partial charge in [-0.3, -0.25) is 0 Å². The van der Waals surface area contributed by atoms with E-state index in [-0.39, 0.29) is 17.6 Å². The first-order valence-corrected chi connectivity index (χ1v) is 4.92. The molecule has 2 heterocycles. The van der Waals surface area contributed by atoms with Gasteiger partial charge in [0.15, 0.2) is 0 Å². The minimum absolute atomic E-state index is 0.174. The van der Waals surface area contributed by atoms with E-state index in [0.717, 1.165) is 0 Å². The Bertz CT molecular complexity index is 365. The van der Waals surface area contributed by atoms with E-state index in [1.807, 2.05) is 11.8 Å². The van der Waals surface area contributed by atoms with Crippen LogP contribution < -0.4 is 20.1 Å². The fourth-order valence-corrected chi connectivity index (χ4v) is 1.62. The highest BCUT2D eigenvalue weighted by atomic mass is 16.5. The smallest absolute Gasteiger partial charge is 0.324 e. The highest BCUT2D eigenvalue weighted by Gasteiger charge is 2.36. The van der Waals surface area contributed by atoms with E-state index in [1.54, 1.807) is 0 Å². The summed E-state index contributed by atoms with van der Waals surface area (Å²) in [7, 11) is 3.00. The fraction of sp³-hybridized carbons (Fsp3) is 0.667. The van der Waals surface area contributed by atoms with Crippen LogP contribution in [0.1, 0.15) is 6.92 Å². The Morgan fingerprint density at radius 1 is 1.12 bits per heavy atom. The first-order chi connectivity index (χ1) is 7.54. The Morgan fingerprint density at radius 2 is 1.62 bits per heavy atom. The molecule has 1 aliphatic heterocycles. The molecule has 2 rings (SSSR count). The number of hydrogen-bond donors (Lipinski definition) is 1. The topological polar surface area (TPSA) is 86.4 Å². The molecule has 0 amide bonds. The van der Waals surface area contributed by atoms with Crippen LogP contribution in [0.5, 0.6) is 12.0 Å². The third kappa shape index (κ3) is 1.99. The zero-order chi connectivity index (χ0) is 11.8. The first kappa shape index (κ1) is 10.9. The summed E-state index contributed by atoms with van der Waals surface area (Å²) < 4.78 is 9.94. The van der Waals surface area contributed by atoms with E-state index < -0.39 is 0 Å². The first-order valence-electron chi connectivity index (χ1n) is 4.92. The molecule has 0 aromatic carbocycles. The molecule has 0 radical (unpaired) electrons. The summed E-state index contributed by atoms with van der Waals surface area (Å²) in [6.07, 6.45) is 0. The highest BCUT2D eigenvalue weighted by molar-refractivity contribution is 5.39. The summed E-state index contributed by atoms with van der Waals surface area (Å²) >= 11 is 0.